The maximum Gasteiger partial charge on any atom is 0.225 e. The molecule has 0 bridgehead atoms. The van der Waals surface area contributed by atoms with Crippen molar-refractivity contribution in [3.05, 3.63) is 70.7 Å². The van der Waals surface area contributed by atoms with Crippen molar-refractivity contribution in [3.63, 3.8) is 0 Å². The van der Waals surface area contributed by atoms with Crippen LogP contribution in [0.25, 0.3) is 0 Å². The van der Waals surface area contributed by atoms with Crippen molar-refractivity contribution >= 4 is 23.3 Å². The number of nitrogens with zero attached hydrogens (tertiary/aromatic N) is 2. The molecule has 0 aliphatic carbocycles. The molecule has 0 saturated carbocycles. The topological polar surface area (TPSA) is 32.7 Å². The van der Waals surface area contributed by atoms with Gasteiger partial charge in [0.05, 0.1) is 17.6 Å². The molecule has 3 nitrogen and oxygen atoms in total. The average molecular weight is 299 g/mol. The highest BCUT2D eigenvalue weighted by atomic mass is 35.5. The maximum atomic E-state index is 11.9. The lowest BCUT2D eigenvalue weighted by atomic mass is 10.1. The van der Waals surface area contributed by atoms with Gasteiger partial charge in [0.25, 0.3) is 0 Å². The summed E-state index contributed by atoms with van der Waals surface area (Å²) < 4.78 is 0. The first-order chi connectivity index (χ1) is 10.2. The summed E-state index contributed by atoms with van der Waals surface area (Å²) in [5, 5.41) is 0.608. The second kappa shape index (κ2) is 5.70. The summed E-state index contributed by atoms with van der Waals surface area (Å²) in [5.74, 6) is 0.633. The molecule has 0 aromatic heterocycles. The van der Waals surface area contributed by atoms with Crippen molar-refractivity contribution in [1.29, 1.82) is 0 Å². The lowest BCUT2D eigenvalue weighted by Crippen LogP contribution is -2.33. The standard InChI is InChI=1S/C17H15ClN2O/c1-12(21)20-11-16(13-7-3-2-4-8-13)19-17(20)14-9-5-6-10-15(14)18/h2-10,16H,11H2,1H3/t16-/m1/s1. The van der Waals surface area contributed by atoms with Crippen molar-refractivity contribution in [2.24, 2.45) is 4.99 Å². The van der Waals surface area contributed by atoms with Crippen LogP contribution in [0.15, 0.2) is 59.6 Å². The van der Waals surface area contributed by atoms with Crippen molar-refractivity contribution < 1.29 is 4.79 Å². The SMILES string of the molecule is CC(=O)N1C[C@H](c2ccccc2)N=C1c1ccccc1Cl. The highest BCUT2D eigenvalue weighted by Gasteiger charge is 2.30. The summed E-state index contributed by atoms with van der Waals surface area (Å²) in [7, 11) is 0. The van der Waals surface area contributed by atoms with E-state index in [2.05, 4.69) is 0 Å². The fourth-order valence-corrected chi connectivity index (χ4v) is 2.73. The highest BCUT2D eigenvalue weighted by molar-refractivity contribution is 6.34. The molecule has 0 N–H and O–H groups in total. The van der Waals surface area contributed by atoms with Gasteiger partial charge in [0.1, 0.15) is 5.84 Å². The Morgan fingerprint density at radius 2 is 1.81 bits per heavy atom. The number of aliphatic imine (C=N–C) groups is 1. The number of hydrogen-bond acceptors (Lipinski definition) is 2. The molecule has 1 heterocycles. The molecule has 2 aromatic rings. The van der Waals surface area contributed by atoms with Crippen molar-refractivity contribution in [3.8, 4) is 0 Å². The van der Waals surface area contributed by atoms with Gasteiger partial charge < -0.3 is 0 Å². The molecule has 0 unspecified atom stereocenters. The van der Waals surface area contributed by atoms with Gasteiger partial charge in [-0.05, 0) is 17.7 Å². The van der Waals surface area contributed by atoms with Gasteiger partial charge in [0.15, 0.2) is 0 Å². The molecule has 0 fully saturated rings. The van der Waals surface area contributed by atoms with E-state index >= 15 is 0 Å². The molecule has 0 saturated heterocycles. The lowest BCUT2D eigenvalue weighted by molar-refractivity contribution is -0.124. The Morgan fingerprint density at radius 3 is 2.48 bits per heavy atom. The zero-order valence-electron chi connectivity index (χ0n) is 11.7. The first-order valence-corrected chi connectivity index (χ1v) is 7.20. The molecule has 1 aliphatic heterocycles. The van der Waals surface area contributed by atoms with Gasteiger partial charge in [0.2, 0.25) is 5.91 Å². The summed E-state index contributed by atoms with van der Waals surface area (Å²) in [6.45, 7) is 2.11. The molecular formula is C17H15ClN2O. The third kappa shape index (κ3) is 2.69. The van der Waals surface area contributed by atoms with Crippen molar-refractivity contribution in [1.82, 2.24) is 4.90 Å². The summed E-state index contributed by atoms with van der Waals surface area (Å²) >= 11 is 6.25. The quantitative estimate of drug-likeness (QED) is 0.832. The minimum absolute atomic E-state index is 0.0212. The van der Waals surface area contributed by atoms with Crippen LogP contribution in [0.4, 0.5) is 0 Å². The van der Waals surface area contributed by atoms with Crippen molar-refractivity contribution in [2.75, 3.05) is 6.54 Å². The van der Waals surface area contributed by atoms with E-state index in [1.807, 2.05) is 54.6 Å². The largest absolute Gasteiger partial charge is 0.294 e. The first-order valence-electron chi connectivity index (χ1n) is 6.82. The smallest absolute Gasteiger partial charge is 0.225 e. The third-order valence-corrected chi connectivity index (χ3v) is 3.90. The van der Waals surface area contributed by atoms with Gasteiger partial charge >= 0.3 is 0 Å². The molecule has 1 atom stereocenters. The molecule has 21 heavy (non-hydrogen) atoms. The monoisotopic (exact) mass is 298 g/mol. The average Bonchev–Trinajstić information content (AvgIpc) is 2.94. The minimum atomic E-state index is -0.0404. The molecule has 3 rings (SSSR count). The number of hydrogen-bond donors (Lipinski definition) is 0. The fraction of sp³-hybridized carbons (Fsp3) is 0.176. The second-order valence-electron chi connectivity index (χ2n) is 4.99. The predicted octanol–water partition coefficient (Wildman–Crippen LogP) is 3.69. The van der Waals surface area contributed by atoms with E-state index in [1.54, 1.807) is 11.8 Å². The summed E-state index contributed by atoms with van der Waals surface area (Å²) in [5.41, 5.74) is 1.90. The van der Waals surface area contributed by atoms with Gasteiger partial charge in [-0.15, -0.1) is 0 Å². The van der Waals surface area contributed by atoms with Crippen LogP contribution in [0.2, 0.25) is 5.02 Å². The molecular weight excluding hydrogens is 284 g/mol. The van der Waals surface area contributed by atoms with Crippen LogP contribution in [0, 0.1) is 0 Å². The van der Waals surface area contributed by atoms with Gasteiger partial charge in [-0.1, -0.05) is 54.1 Å². The molecule has 2 aromatic carbocycles. The fourth-order valence-electron chi connectivity index (χ4n) is 2.51. The molecule has 1 amide bonds. The minimum Gasteiger partial charge on any atom is -0.294 e. The number of carbonyl (C=O) groups is 1. The second-order valence-corrected chi connectivity index (χ2v) is 5.40. The molecule has 4 heteroatoms. The molecule has 0 spiro atoms. The molecule has 0 radical (unpaired) electrons. The van der Waals surface area contributed by atoms with Gasteiger partial charge in [0, 0.05) is 12.5 Å². The Balaban J connectivity index is 2.03. The van der Waals surface area contributed by atoms with E-state index in [-0.39, 0.29) is 11.9 Å². The van der Waals surface area contributed by atoms with Crippen LogP contribution in [-0.2, 0) is 4.79 Å². The third-order valence-electron chi connectivity index (χ3n) is 3.57. The Hall–Kier alpha value is -2.13. The Kier molecular flexibility index (Phi) is 3.76. The Bertz CT molecular complexity index is 697. The van der Waals surface area contributed by atoms with Crippen LogP contribution in [0.5, 0.6) is 0 Å². The first kappa shape index (κ1) is 13.8. The zero-order valence-corrected chi connectivity index (χ0v) is 12.4. The van der Waals surface area contributed by atoms with Crippen molar-refractivity contribution in [2.45, 2.75) is 13.0 Å². The Labute approximate surface area is 128 Å². The number of amides is 1. The Morgan fingerprint density at radius 1 is 1.14 bits per heavy atom. The zero-order chi connectivity index (χ0) is 14.8. The summed E-state index contributed by atoms with van der Waals surface area (Å²) in [4.78, 5) is 18.3. The maximum absolute atomic E-state index is 11.9. The normalized spacial score (nSPS) is 17.7. The van der Waals surface area contributed by atoms with Gasteiger partial charge in [-0.3, -0.25) is 14.7 Å². The summed E-state index contributed by atoms with van der Waals surface area (Å²) in [6.07, 6.45) is 0. The van der Waals surface area contributed by atoms with Crippen LogP contribution in [0.1, 0.15) is 24.1 Å². The number of amidine groups is 1. The predicted molar refractivity (Wildman–Crippen MR) is 84.6 cm³/mol. The van der Waals surface area contributed by atoms with Crippen LogP contribution in [-0.4, -0.2) is 23.2 Å². The summed E-state index contributed by atoms with van der Waals surface area (Å²) in [6, 6.07) is 17.4. The number of carbonyl (C=O) groups excluding carboxylic acids is 1. The van der Waals surface area contributed by atoms with Gasteiger partial charge in [-0.2, -0.15) is 0 Å². The lowest BCUT2D eigenvalue weighted by Gasteiger charge is -2.17. The van der Waals surface area contributed by atoms with E-state index < -0.39 is 0 Å². The highest BCUT2D eigenvalue weighted by Crippen LogP contribution is 2.29. The van der Waals surface area contributed by atoms with E-state index in [0.717, 1.165) is 11.1 Å². The molecule has 1 aliphatic rings. The molecule has 106 valence electrons. The van der Waals surface area contributed by atoms with Gasteiger partial charge in [-0.25, -0.2) is 0 Å². The van der Waals surface area contributed by atoms with Crippen LogP contribution < -0.4 is 0 Å². The van der Waals surface area contributed by atoms with Crippen LogP contribution >= 0.6 is 11.6 Å². The number of halogens is 1. The van der Waals surface area contributed by atoms with Crippen LogP contribution in [0.3, 0.4) is 0 Å². The van der Waals surface area contributed by atoms with E-state index in [1.165, 1.54) is 0 Å². The number of benzene rings is 2. The van der Waals surface area contributed by atoms with E-state index in [9.17, 15) is 4.79 Å². The van der Waals surface area contributed by atoms with E-state index in [0.29, 0.717) is 17.4 Å². The number of rotatable bonds is 2. The van der Waals surface area contributed by atoms with E-state index in [4.69, 9.17) is 16.6 Å².